The standard InChI is InChI=1S/C15H21ClN2O/c1-19-18-15(12-6-8-13(16)9-7-12)14(17)10-11-4-2-3-5-11/h6-9,11,14H,2-5,10,17H2,1H3. The fraction of sp³-hybridized carbons (Fsp3) is 0.533. The van der Waals surface area contributed by atoms with Crippen molar-refractivity contribution in [3.63, 3.8) is 0 Å². The van der Waals surface area contributed by atoms with Gasteiger partial charge >= 0.3 is 0 Å². The van der Waals surface area contributed by atoms with E-state index in [1.807, 2.05) is 24.3 Å². The Balaban J connectivity index is 2.10. The molecule has 1 saturated carbocycles. The average Bonchev–Trinajstić information content (AvgIpc) is 2.90. The second-order valence-electron chi connectivity index (χ2n) is 5.16. The number of nitrogens with zero attached hydrogens (tertiary/aromatic N) is 1. The van der Waals surface area contributed by atoms with Gasteiger partial charge in [-0.05, 0) is 24.5 Å². The van der Waals surface area contributed by atoms with Gasteiger partial charge in [-0.2, -0.15) is 0 Å². The summed E-state index contributed by atoms with van der Waals surface area (Å²) >= 11 is 5.91. The maximum Gasteiger partial charge on any atom is 0.106 e. The molecule has 104 valence electrons. The Bertz CT molecular complexity index is 424. The third kappa shape index (κ3) is 3.95. The number of benzene rings is 1. The van der Waals surface area contributed by atoms with E-state index in [9.17, 15) is 0 Å². The van der Waals surface area contributed by atoms with Crippen LogP contribution in [0.3, 0.4) is 0 Å². The van der Waals surface area contributed by atoms with E-state index >= 15 is 0 Å². The lowest BCUT2D eigenvalue weighted by Crippen LogP contribution is -2.33. The van der Waals surface area contributed by atoms with Crippen molar-refractivity contribution in [2.75, 3.05) is 7.11 Å². The molecule has 2 rings (SSSR count). The van der Waals surface area contributed by atoms with Crippen LogP contribution in [0.1, 0.15) is 37.7 Å². The predicted octanol–water partition coefficient (Wildman–Crippen LogP) is 3.60. The fourth-order valence-corrected chi connectivity index (χ4v) is 2.90. The Morgan fingerprint density at radius 2 is 2.00 bits per heavy atom. The van der Waals surface area contributed by atoms with Crippen molar-refractivity contribution in [2.45, 2.75) is 38.1 Å². The minimum absolute atomic E-state index is 0.0794. The molecule has 1 aromatic rings. The first-order valence-electron chi connectivity index (χ1n) is 6.83. The van der Waals surface area contributed by atoms with E-state index < -0.39 is 0 Å². The van der Waals surface area contributed by atoms with Crippen molar-refractivity contribution in [1.29, 1.82) is 0 Å². The molecule has 0 radical (unpaired) electrons. The van der Waals surface area contributed by atoms with Crippen LogP contribution in [0, 0.1) is 5.92 Å². The minimum atomic E-state index is -0.0794. The Hall–Kier alpha value is -1.06. The number of nitrogens with two attached hydrogens (primary N) is 1. The second kappa shape index (κ2) is 6.92. The molecule has 0 bridgehead atoms. The highest BCUT2D eigenvalue weighted by Gasteiger charge is 2.22. The molecule has 1 aliphatic carbocycles. The zero-order valence-electron chi connectivity index (χ0n) is 11.3. The molecule has 4 heteroatoms. The van der Waals surface area contributed by atoms with Gasteiger partial charge in [0.15, 0.2) is 0 Å². The van der Waals surface area contributed by atoms with Crippen LogP contribution < -0.4 is 5.73 Å². The number of halogens is 1. The van der Waals surface area contributed by atoms with Gasteiger partial charge < -0.3 is 10.6 Å². The van der Waals surface area contributed by atoms with Gasteiger partial charge in [0.2, 0.25) is 0 Å². The Morgan fingerprint density at radius 1 is 1.37 bits per heavy atom. The zero-order valence-corrected chi connectivity index (χ0v) is 12.1. The van der Waals surface area contributed by atoms with Crippen LogP contribution >= 0.6 is 11.6 Å². The van der Waals surface area contributed by atoms with E-state index in [2.05, 4.69) is 5.16 Å². The molecular weight excluding hydrogens is 260 g/mol. The average molecular weight is 281 g/mol. The van der Waals surface area contributed by atoms with E-state index in [1.54, 1.807) is 7.11 Å². The number of hydrogen-bond acceptors (Lipinski definition) is 3. The van der Waals surface area contributed by atoms with Crippen molar-refractivity contribution in [2.24, 2.45) is 16.8 Å². The Kier molecular flexibility index (Phi) is 5.23. The van der Waals surface area contributed by atoms with Crippen LogP contribution in [0.15, 0.2) is 29.4 Å². The summed E-state index contributed by atoms with van der Waals surface area (Å²) in [6.07, 6.45) is 6.21. The minimum Gasteiger partial charge on any atom is -0.399 e. The lowest BCUT2D eigenvalue weighted by molar-refractivity contribution is 0.212. The molecule has 1 aliphatic rings. The number of rotatable bonds is 5. The molecule has 0 aromatic heterocycles. The van der Waals surface area contributed by atoms with Crippen molar-refractivity contribution in [1.82, 2.24) is 0 Å². The third-order valence-corrected chi connectivity index (χ3v) is 3.99. The summed E-state index contributed by atoms with van der Waals surface area (Å²) in [5, 5.41) is 4.83. The Labute approximate surface area is 119 Å². The van der Waals surface area contributed by atoms with Crippen LogP contribution in [0.5, 0.6) is 0 Å². The first-order valence-corrected chi connectivity index (χ1v) is 7.21. The quantitative estimate of drug-likeness (QED) is 0.662. The molecule has 2 N–H and O–H groups in total. The Morgan fingerprint density at radius 3 is 2.58 bits per heavy atom. The summed E-state index contributed by atoms with van der Waals surface area (Å²) in [4.78, 5) is 4.95. The summed E-state index contributed by atoms with van der Waals surface area (Å²) in [6, 6.07) is 7.50. The smallest absolute Gasteiger partial charge is 0.106 e. The lowest BCUT2D eigenvalue weighted by atomic mass is 9.93. The normalized spacial score (nSPS) is 18.6. The molecule has 1 unspecified atom stereocenters. The first-order chi connectivity index (χ1) is 9.20. The van der Waals surface area contributed by atoms with Gasteiger partial charge in [0.25, 0.3) is 0 Å². The van der Waals surface area contributed by atoms with Crippen LogP contribution in [-0.4, -0.2) is 18.9 Å². The molecule has 1 aromatic carbocycles. The van der Waals surface area contributed by atoms with Gasteiger partial charge in [-0.25, -0.2) is 0 Å². The molecule has 0 aliphatic heterocycles. The fourth-order valence-electron chi connectivity index (χ4n) is 2.77. The summed E-state index contributed by atoms with van der Waals surface area (Å²) in [5.41, 5.74) is 8.10. The van der Waals surface area contributed by atoms with Crippen molar-refractivity contribution in [3.05, 3.63) is 34.9 Å². The van der Waals surface area contributed by atoms with Crippen LogP contribution in [-0.2, 0) is 4.84 Å². The summed E-state index contributed by atoms with van der Waals surface area (Å²) in [5.74, 6) is 0.726. The van der Waals surface area contributed by atoms with E-state index in [4.69, 9.17) is 22.2 Å². The first kappa shape index (κ1) is 14.4. The highest BCUT2D eigenvalue weighted by atomic mass is 35.5. The molecule has 1 atom stereocenters. The number of hydrogen-bond donors (Lipinski definition) is 1. The van der Waals surface area contributed by atoms with E-state index in [1.165, 1.54) is 25.7 Å². The zero-order chi connectivity index (χ0) is 13.7. The van der Waals surface area contributed by atoms with Crippen LogP contribution in [0.2, 0.25) is 5.02 Å². The van der Waals surface area contributed by atoms with Crippen molar-refractivity contribution < 1.29 is 4.84 Å². The highest BCUT2D eigenvalue weighted by molar-refractivity contribution is 6.30. The van der Waals surface area contributed by atoms with Crippen molar-refractivity contribution in [3.8, 4) is 0 Å². The second-order valence-corrected chi connectivity index (χ2v) is 5.60. The van der Waals surface area contributed by atoms with Gasteiger partial charge in [0, 0.05) is 10.6 Å². The van der Waals surface area contributed by atoms with Gasteiger partial charge in [-0.15, -0.1) is 0 Å². The van der Waals surface area contributed by atoms with Gasteiger partial charge in [0.1, 0.15) is 12.8 Å². The largest absolute Gasteiger partial charge is 0.399 e. The predicted molar refractivity (Wildman–Crippen MR) is 79.5 cm³/mol. The van der Waals surface area contributed by atoms with Crippen LogP contribution in [0.4, 0.5) is 0 Å². The van der Waals surface area contributed by atoms with Gasteiger partial charge in [-0.3, -0.25) is 0 Å². The molecule has 0 saturated heterocycles. The summed E-state index contributed by atoms with van der Waals surface area (Å²) in [7, 11) is 1.55. The topological polar surface area (TPSA) is 47.6 Å². The number of oxime groups is 1. The van der Waals surface area contributed by atoms with E-state index in [0.29, 0.717) is 5.02 Å². The van der Waals surface area contributed by atoms with Crippen LogP contribution in [0.25, 0.3) is 0 Å². The summed E-state index contributed by atoms with van der Waals surface area (Å²) < 4.78 is 0. The molecule has 0 amide bonds. The third-order valence-electron chi connectivity index (χ3n) is 3.74. The summed E-state index contributed by atoms with van der Waals surface area (Å²) in [6.45, 7) is 0. The molecule has 0 heterocycles. The highest BCUT2D eigenvalue weighted by Crippen LogP contribution is 2.29. The van der Waals surface area contributed by atoms with Gasteiger partial charge in [-0.1, -0.05) is 54.6 Å². The van der Waals surface area contributed by atoms with E-state index in [0.717, 1.165) is 23.6 Å². The van der Waals surface area contributed by atoms with Gasteiger partial charge in [0.05, 0.1) is 6.04 Å². The lowest BCUT2D eigenvalue weighted by Gasteiger charge is -2.18. The monoisotopic (exact) mass is 280 g/mol. The maximum atomic E-state index is 6.31. The molecule has 19 heavy (non-hydrogen) atoms. The van der Waals surface area contributed by atoms with Crippen molar-refractivity contribution >= 4 is 17.3 Å². The maximum absolute atomic E-state index is 6.31. The molecule has 0 spiro atoms. The van der Waals surface area contributed by atoms with E-state index in [-0.39, 0.29) is 6.04 Å². The SMILES string of the molecule is CON=C(c1ccc(Cl)cc1)C(N)CC1CCCC1. The molecule has 1 fully saturated rings. The molecular formula is C15H21ClN2O. The molecule has 3 nitrogen and oxygen atoms in total.